The molecule has 7 heteroatoms. The molecule has 1 atom stereocenters. The lowest BCUT2D eigenvalue weighted by Gasteiger charge is -2.32. The summed E-state index contributed by atoms with van der Waals surface area (Å²) in [5, 5.41) is 7.55. The van der Waals surface area contributed by atoms with Crippen molar-refractivity contribution < 1.29 is 14.3 Å². The monoisotopic (exact) mass is 394 g/mol. The van der Waals surface area contributed by atoms with Gasteiger partial charge in [0.15, 0.2) is 0 Å². The van der Waals surface area contributed by atoms with E-state index in [9.17, 15) is 9.59 Å². The summed E-state index contributed by atoms with van der Waals surface area (Å²) in [7, 11) is 1.59. The minimum atomic E-state index is 0.0143. The molecule has 152 valence electrons. The molecule has 5 rings (SSSR count). The van der Waals surface area contributed by atoms with E-state index in [2.05, 4.69) is 16.5 Å². The van der Waals surface area contributed by atoms with Crippen LogP contribution in [-0.4, -0.2) is 52.6 Å². The van der Waals surface area contributed by atoms with Crippen molar-refractivity contribution in [2.75, 3.05) is 20.2 Å². The second-order valence-corrected chi connectivity index (χ2v) is 8.43. The number of piperidine rings is 1. The first kappa shape index (κ1) is 18.2. The minimum absolute atomic E-state index is 0.0143. The van der Waals surface area contributed by atoms with Gasteiger partial charge in [-0.2, -0.15) is 5.10 Å². The van der Waals surface area contributed by atoms with Gasteiger partial charge >= 0.3 is 0 Å². The fraction of sp³-hybridized carbons (Fsp3) is 0.500. The van der Waals surface area contributed by atoms with E-state index in [0.717, 1.165) is 62.7 Å². The molecule has 2 fully saturated rings. The summed E-state index contributed by atoms with van der Waals surface area (Å²) >= 11 is 0. The highest BCUT2D eigenvalue weighted by Gasteiger charge is 2.56. The second kappa shape index (κ2) is 6.90. The first-order valence-corrected chi connectivity index (χ1v) is 10.4. The first-order chi connectivity index (χ1) is 14.1. The van der Waals surface area contributed by atoms with E-state index < -0.39 is 0 Å². The van der Waals surface area contributed by atoms with Crippen LogP contribution in [-0.2, 0) is 4.79 Å². The number of hydrogen-bond donors (Lipinski definition) is 1. The summed E-state index contributed by atoms with van der Waals surface area (Å²) in [5.41, 5.74) is 2.49. The average molecular weight is 394 g/mol. The van der Waals surface area contributed by atoms with E-state index in [1.165, 1.54) is 0 Å². The first-order valence-electron chi connectivity index (χ1n) is 10.4. The summed E-state index contributed by atoms with van der Waals surface area (Å²) in [5.74, 6) is 0.733. The highest BCUT2D eigenvalue weighted by molar-refractivity contribution is 6.00. The van der Waals surface area contributed by atoms with Crippen LogP contribution in [0.15, 0.2) is 36.0 Å². The number of rotatable bonds is 4. The van der Waals surface area contributed by atoms with Crippen molar-refractivity contribution >= 4 is 17.3 Å². The Morgan fingerprint density at radius 2 is 2.10 bits per heavy atom. The lowest BCUT2D eigenvalue weighted by molar-refractivity contribution is -0.118. The van der Waals surface area contributed by atoms with Gasteiger partial charge in [-0.25, -0.2) is 4.52 Å². The number of likely N-dealkylation sites (tertiary alicyclic amines) is 1. The molecular formula is C22H26N4O3. The van der Waals surface area contributed by atoms with E-state index in [-0.39, 0.29) is 23.3 Å². The molecule has 3 aliphatic rings. The number of aromatic nitrogens is 2. The summed E-state index contributed by atoms with van der Waals surface area (Å²) in [6.07, 6.45) is 9.60. The zero-order valence-corrected chi connectivity index (χ0v) is 16.7. The fourth-order valence-corrected chi connectivity index (χ4v) is 4.86. The standard InChI is InChI=1S/C22H26N4O3/c1-29-19-8-4-7-17-16(14-23-26(17)19)21(28)25-11-9-22(10-12-25)13-18(22)24-20(27)15-5-2-3-6-15/h4-5,7-8,14,18H,2-3,6,9-13H2,1H3,(H,24,27). The topological polar surface area (TPSA) is 75.9 Å². The van der Waals surface area contributed by atoms with Crippen molar-refractivity contribution in [3.05, 3.63) is 41.6 Å². The predicted molar refractivity (Wildman–Crippen MR) is 108 cm³/mol. The molecule has 7 nitrogen and oxygen atoms in total. The maximum Gasteiger partial charge on any atom is 0.257 e. The molecule has 2 aromatic rings. The Bertz CT molecular complexity index is 1000. The summed E-state index contributed by atoms with van der Waals surface area (Å²) in [6, 6.07) is 5.84. The van der Waals surface area contributed by atoms with Gasteiger partial charge in [-0.05, 0) is 50.0 Å². The number of allylic oxidation sites excluding steroid dienone is 1. The highest BCUT2D eigenvalue weighted by Crippen LogP contribution is 2.54. The molecule has 0 radical (unpaired) electrons. The highest BCUT2D eigenvalue weighted by atomic mass is 16.5. The van der Waals surface area contributed by atoms with Gasteiger partial charge < -0.3 is 15.0 Å². The molecule has 29 heavy (non-hydrogen) atoms. The SMILES string of the molecule is COc1cccc2c(C(=O)N3CCC4(CC3)CC4NC(=O)C3=CCCC3)cnn12. The quantitative estimate of drug-likeness (QED) is 0.865. The number of carbonyl (C=O) groups is 2. The number of methoxy groups -OCH3 is 1. The zero-order chi connectivity index (χ0) is 20.0. The van der Waals surface area contributed by atoms with Crippen LogP contribution in [0.1, 0.15) is 48.9 Å². The largest absolute Gasteiger partial charge is 0.481 e. The molecule has 2 aliphatic carbocycles. The van der Waals surface area contributed by atoms with Gasteiger partial charge in [0.1, 0.15) is 0 Å². The van der Waals surface area contributed by atoms with Gasteiger partial charge in [-0.1, -0.05) is 12.1 Å². The molecule has 3 heterocycles. The molecule has 1 aliphatic heterocycles. The summed E-state index contributed by atoms with van der Waals surface area (Å²) in [6.45, 7) is 1.43. The fourth-order valence-electron chi connectivity index (χ4n) is 4.86. The molecule has 2 amide bonds. The second-order valence-electron chi connectivity index (χ2n) is 8.43. The van der Waals surface area contributed by atoms with Gasteiger partial charge in [0.2, 0.25) is 11.8 Å². The molecule has 1 spiro atoms. The molecule has 1 N–H and O–H groups in total. The maximum atomic E-state index is 13.1. The van der Waals surface area contributed by atoms with Crippen molar-refractivity contribution in [1.29, 1.82) is 0 Å². The van der Waals surface area contributed by atoms with Crippen molar-refractivity contribution in [3.8, 4) is 5.88 Å². The van der Waals surface area contributed by atoms with Crippen LogP contribution in [0, 0.1) is 5.41 Å². The average Bonchev–Trinajstić information content (AvgIpc) is 3.17. The third-order valence-corrected chi connectivity index (χ3v) is 6.82. The van der Waals surface area contributed by atoms with Crippen LogP contribution in [0.2, 0.25) is 0 Å². The minimum Gasteiger partial charge on any atom is -0.481 e. The van der Waals surface area contributed by atoms with Crippen LogP contribution in [0.4, 0.5) is 0 Å². The normalized spacial score (nSPS) is 22.6. The Labute approximate surface area is 169 Å². The molecule has 0 aromatic carbocycles. The van der Waals surface area contributed by atoms with E-state index in [1.807, 2.05) is 23.1 Å². The van der Waals surface area contributed by atoms with Crippen molar-refractivity contribution in [2.45, 2.75) is 44.6 Å². The van der Waals surface area contributed by atoms with Crippen molar-refractivity contribution in [1.82, 2.24) is 19.8 Å². The lowest BCUT2D eigenvalue weighted by Crippen LogP contribution is -2.41. The zero-order valence-electron chi connectivity index (χ0n) is 16.7. The lowest BCUT2D eigenvalue weighted by atomic mass is 9.92. The molecule has 1 unspecified atom stereocenters. The number of pyridine rings is 1. The Balaban J connectivity index is 1.22. The molecule has 1 saturated carbocycles. The smallest absolute Gasteiger partial charge is 0.257 e. The van der Waals surface area contributed by atoms with E-state index in [0.29, 0.717) is 11.4 Å². The maximum absolute atomic E-state index is 13.1. The third kappa shape index (κ3) is 3.09. The Kier molecular flexibility index (Phi) is 4.33. The van der Waals surface area contributed by atoms with Crippen molar-refractivity contribution in [3.63, 3.8) is 0 Å². The van der Waals surface area contributed by atoms with E-state index in [1.54, 1.807) is 17.8 Å². The van der Waals surface area contributed by atoms with Gasteiger partial charge in [0.25, 0.3) is 5.91 Å². The Morgan fingerprint density at radius 1 is 1.28 bits per heavy atom. The number of hydrogen-bond acceptors (Lipinski definition) is 4. The molecule has 0 bridgehead atoms. The van der Waals surface area contributed by atoms with Crippen LogP contribution in [0.5, 0.6) is 5.88 Å². The van der Waals surface area contributed by atoms with Crippen LogP contribution < -0.4 is 10.1 Å². The van der Waals surface area contributed by atoms with Crippen molar-refractivity contribution in [2.24, 2.45) is 5.41 Å². The summed E-state index contributed by atoms with van der Waals surface area (Å²) in [4.78, 5) is 27.4. The number of amides is 2. The Hall–Kier alpha value is -2.83. The van der Waals surface area contributed by atoms with Crippen LogP contribution in [0.25, 0.3) is 5.52 Å². The van der Waals surface area contributed by atoms with Crippen LogP contribution >= 0.6 is 0 Å². The molecular weight excluding hydrogens is 368 g/mol. The van der Waals surface area contributed by atoms with Gasteiger partial charge in [-0.3, -0.25) is 9.59 Å². The molecule has 1 saturated heterocycles. The number of fused-ring (bicyclic) bond motifs is 1. The Morgan fingerprint density at radius 3 is 2.83 bits per heavy atom. The number of ether oxygens (including phenoxy) is 1. The van der Waals surface area contributed by atoms with E-state index in [4.69, 9.17) is 4.74 Å². The third-order valence-electron chi connectivity index (χ3n) is 6.82. The molecule has 2 aromatic heterocycles. The van der Waals surface area contributed by atoms with Gasteiger partial charge in [0.05, 0.1) is 24.4 Å². The number of nitrogens with one attached hydrogen (secondary N) is 1. The van der Waals surface area contributed by atoms with Gasteiger partial charge in [0, 0.05) is 30.8 Å². The number of carbonyl (C=O) groups excluding carboxylic acids is 2. The van der Waals surface area contributed by atoms with E-state index >= 15 is 0 Å². The van der Waals surface area contributed by atoms with Crippen LogP contribution in [0.3, 0.4) is 0 Å². The number of nitrogens with zero attached hydrogens (tertiary/aromatic N) is 3. The predicted octanol–water partition coefficient (Wildman–Crippen LogP) is 2.56. The van der Waals surface area contributed by atoms with Gasteiger partial charge in [-0.15, -0.1) is 0 Å². The summed E-state index contributed by atoms with van der Waals surface area (Å²) < 4.78 is 6.97.